The number of hydrogen-bond donors (Lipinski definition) is 2. The average molecular weight is 502 g/mol. The van der Waals surface area contributed by atoms with Crippen molar-refractivity contribution in [2.24, 2.45) is 11.8 Å². The number of carbonyl (C=O) groups excluding carboxylic acids is 1. The van der Waals surface area contributed by atoms with Crippen LogP contribution in [0.25, 0.3) is 10.2 Å². The third-order valence-corrected chi connectivity index (χ3v) is 8.13. The summed E-state index contributed by atoms with van der Waals surface area (Å²) in [7, 11) is 0. The Morgan fingerprint density at radius 1 is 1.11 bits per heavy atom. The Kier molecular flexibility index (Phi) is 6.99. The molecule has 0 radical (unpaired) electrons. The predicted molar refractivity (Wildman–Crippen MR) is 136 cm³/mol. The minimum atomic E-state index is -3.15. The Hall–Kier alpha value is -2.45. The zero-order chi connectivity index (χ0) is 25.5. The molecule has 1 amide bonds. The third-order valence-electron chi connectivity index (χ3n) is 6.95. The van der Waals surface area contributed by atoms with Crippen LogP contribution in [0, 0.1) is 11.8 Å². The van der Waals surface area contributed by atoms with Gasteiger partial charge in [-0.15, -0.1) is 11.3 Å². The first-order valence-corrected chi connectivity index (χ1v) is 13.0. The van der Waals surface area contributed by atoms with Gasteiger partial charge in [-0.25, -0.2) is 9.97 Å². The second-order valence-corrected chi connectivity index (χ2v) is 11.6. The molecular formula is C27H33F2N3O2S. The van der Waals surface area contributed by atoms with Gasteiger partial charge in [0.1, 0.15) is 11.4 Å². The second-order valence-electron chi connectivity index (χ2n) is 10.6. The Labute approximate surface area is 209 Å². The molecule has 0 atom stereocenters. The number of rotatable bonds is 6. The summed E-state index contributed by atoms with van der Waals surface area (Å²) >= 11 is 1.62. The van der Waals surface area contributed by atoms with E-state index in [0.29, 0.717) is 23.1 Å². The largest absolute Gasteiger partial charge is 0.386 e. The molecule has 0 spiro atoms. The smallest absolute Gasteiger partial charge is 0.287 e. The SMILES string of the molecule is CC(C)[C@H]1CC[C@H](c2nc3cc(C(C)(C)O)c(NC(=O)c4cccc(C(C)(F)F)n4)cc3s2)CC1. The van der Waals surface area contributed by atoms with Crippen LogP contribution in [-0.4, -0.2) is 21.0 Å². The minimum absolute atomic E-state index is 0.113. The summed E-state index contributed by atoms with van der Waals surface area (Å²) in [4.78, 5) is 21.7. The van der Waals surface area contributed by atoms with Crippen molar-refractivity contribution in [2.75, 3.05) is 5.32 Å². The van der Waals surface area contributed by atoms with Crippen molar-refractivity contribution in [2.45, 2.75) is 77.7 Å². The zero-order valence-electron chi connectivity index (χ0n) is 20.9. The lowest BCUT2D eigenvalue weighted by atomic mass is 9.77. The highest BCUT2D eigenvalue weighted by atomic mass is 32.1. The molecule has 188 valence electrons. The summed E-state index contributed by atoms with van der Waals surface area (Å²) in [5.74, 6) is -1.87. The van der Waals surface area contributed by atoms with E-state index in [2.05, 4.69) is 24.1 Å². The van der Waals surface area contributed by atoms with E-state index in [1.54, 1.807) is 25.2 Å². The summed E-state index contributed by atoms with van der Waals surface area (Å²) < 4.78 is 28.3. The van der Waals surface area contributed by atoms with Crippen LogP contribution < -0.4 is 5.32 Å². The number of thiazole rings is 1. The number of nitrogens with zero attached hydrogens (tertiary/aromatic N) is 2. The maximum Gasteiger partial charge on any atom is 0.287 e. The van der Waals surface area contributed by atoms with Crippen LogP contribution in [0.5, 0.6) is 0 Å². The van der Waals surface area contributed by atoms with E-state index >= 15 is 0 Å². The van der Waals surface area contributed by atoms with Crippen molar-refractivity contribution in [1.29, 1.82) is 0 Å². The van der Waals surface area contributed by atoms with Crippen molar-refractivity contribution >= 4 is 33.1 Å². The third kappa shape index (κ3) is 5.70. The maximum absolute atomic E-state index is 13.7. The van der Waals surface area contributed by atoms with E-state index in [1.165, 1.54) is 31.0 Å². The number of halogens is 2. The molecule has 0 bridgehead atoms. The number of anilines is 1. The van der Waals surface area contributed by atoms with Crippen molar-refractivity contribution in [1.82, 2.24) is 9.97 Å². The van der Waals surface area contributed by atoms with Gasteiger partial charge in [0.05, 0.1) is 20.8 Å². The molecule has 1 aliphatic carbocycles. The van der Waals surface area contributed by atoms with Crippen LogP contribution in [-0.2, 0) is 11.5 Å². The molecule has 4 rings (SSSR count). The number of carbonyl (C=O) groups is 1. The van der Waals surface area contributed by atoms with Crippen molar-refractivity contribution in [3.8, 4) is 0 Å². The van der Waals surface area contributed by atoms with Crippen molar-refractivity contribution < 1.29 is 18.7 Å². The van der Waals surface area contributed by atoms with Gasteiger partial charge in [0.15, 0.2) is 0 Å². The maximum atomic E-state index is 13.7. The normalized spacial score (nSPS) is 19.3. The van der Waals surface area contributed by atoms with Gasteiger partial charge in [-0.3, -0.25) is 4.79 Å². The number of benzene rings is 1. The van der Waals surface area contributed by atoms with Crippen LogP contribution in [0.2, 0.25) is 0 Å². The molecule has 1 aliphatic rings. The molecule has 3 aromatic rings. The van der Waals surface area contributed by atoms with E-state index in [4.69, 9.17) is 4.98 Å². The first-order valence-electron chi connectivity index (χ1n) is 12.2. The quantitative estimate of drug-likeness (QED) is 0.374. The molecule has 2 aromatic heterocycles. The first-order chi connectivity index (χ1) is 16.3. The van der Waals surface area contributed by atoms with E-state index in [1.807, 2.05) is 12.1 Å². The Morgan fingerprint density at radius 3 is 2.40 bits per heavy atom. The highest BCUT2D eigenvalue weighted by Gasteiger charge is 2.29. The van der Waals surface area contributed by atoms with Gasteiger partial charge in [-0.1, -0.05) is 19.9 Å². The van der Waals surface area contributed by atoms with Crippen LogP contribution >= 0.6 is 11.3 Å². The average Bonchev–Trinajstić information content (AvgIpc) is 3.20. The van der Waals surface area contributed by atoms with Gasteiger partial charge >= 0.3 is 0 Å². The molecule has 2 N–H and O–H groups in total. The van der Waals surface area contributed by atoms with Crippen LogP contribution in [0.15, 0.2) is 30.3 Å². The molecule has 1 saturated carbocycles. The Bertz CT molecular complexity index is 1220. The molecular weight excluding hydrogens is 468 g/mol. The molecule has 1 aromatic carbocycles. The molecule has 0 aliphatic heterocycles. The topological polar surface area (TPSA) is 75.1 Å². The lowest BCUT2D eigenvalue weighted by Crippen LogP contribution is -2.22. The van der Waals surface area contributed by atoms with Crippen LogP contribution in [0.4, 0.5) is 14.5 Å². The molecule has 35 heavy (non-hydrogen) atoms. The van der Waals surface area contributed by atoms with Gasteiger partial charge in [0.2, 0.25) is 0 Å². The second kappa shape index (κ2) is 9.54. The van der Waals surface area contributed by atoms with Crippen LogP contribution in [0.3, 0.4) is 0 Å². The predicted octanol–water partition coefficient (Wildman–Crippen LogP) is 7.21. The van der Waals surface area contributed by atoms with Gasteiger partial charge < -0.3 is 10.4 Å². The highest BCUT2D eigenvalue weighted by molar-refractivity contribution is 7.18. The summed E-state index contributed by atoms with van der Waals surface area (Å²) in [6, 6.07) is 7.61. The van der Waals surface area contributed by atoms with E-state index in [-0.39, 0.29) is 5.69 Å². The summed E-state index contributed by atoms with van der Waals surface area (Å²) in [5, 5.41) is 14.7. The lowest BCUT2D eigenvalue weighted by molar-refractivity contribution is 0.0126. The Morgan fingerprint density at radius 2 is 1.80 bits per heavy atom. The molecule has 5 nitrogen and oxygen atoms in total. The first kappa shape index (κ1) is 25.6. The number of aromatic nitrogens is 2. The number of pyridine rings is 1. The fourth-order valence-electron chi connectivity index (χ4n) is 4.80. The van der Waals surface area contributed by atoms with E-state index in [9.17, 15) is 18.7 Å². The van der Waals surface area contributed by atoms with Gasteiger partial charge in [0.25, 0.3) is 11.8 Å². The van der Waals surface area contributed by atoms with Gasteiger partial charge in [-0.2, -0.15) is 8.78 Å². The summed E-state index contributed by atoms with van der Waals surface area (Å²) in [6.45, 7) is 8.60. The number of nitrogens with one attached hydrogen (secondary N) is 1. The molecule has 2 heterocycles. The number of fused-ring (bicyclic) bond motifs is 1. The number of aliphatic hydroxyl groups is 1. The number of amides is 1. The minimum Gasteiger partial charge on any atom is -0.386 e. The van der Waals surface area contributed by atoms with Crippen LogP contribution in [0.1, 0.15) is 93.0 Å². The van der Waals surface area contributed by atoms with Gasteiger partial charge in [-0.05, 0) is 75.6 Å². The van der Waals surface area contributed by atoms with Crippen molar-refractivity contribution in [3.05, 3.63) is 52.3 Å². The molecule has 8 heteroatoms. The Balaban J connectivity index is 1.64. The standard InChI is InChI=1S/C27H33F2N3O2S/c1-15(2)16-9-11-17(12-10-16)25-32-21-13-18(26(3,4)34)20(14-22(21)35-25)31-24(33)19-7-6-8-23(30-19)27(5,28)29/h6-8,13-17,34H,9-12H2,1-5H3,(H,31,33)/t16-,17-. The number of alkyl halides is 2. The van der Waals surface area contributed by atoms with E-state index in [0.717, 1.165) is 40.9 Å². The zero-order valence-corrected chi connectivity index (χ0v) is 21.7. The van der Waals surface area contributed by atoms with Crippen molar-refractivity contribution in [3.63, 3.8) is 0 Å². The molecule has 1 fully saturated rings. The fourth-order valence-corrected chi connectivity index (χ4v) is 5.96. The summed E-state index contributed by atoms with van der Waals surface area (Å²) in [5.41, 5.74) is -0.112. The lowest BCUT2D eigenvalue weighted by Gasteiger charge is -2.29. The number of hydrogen-bond acceptors (Lipinski definition) is 5. The van der Waals surface area contributed by atoms with Gasteiger partial charge in [0, 0.05) is 24.1 Å². The monoisotopic (exact) mass is 501 g/mol. The van der Waals surface area contributed by atoms with E-state index < -0.39 is 23.1 Å². The highest BCUT2D eigenvalue weighted by Crippen LogP contribution is 2.42. The summed E-state index contributed by atoms with van der Waals surface area (Å²) in [6.07, 6.45) is 4.65. The molecule has 0 saturated heterocycles. The molecule has 0 unspecified atom stereocenters. The fraction of sp³-hybridized carbons (Fsp3) is 0.519.